The Morgan fingerprint density at radius 3 is 2.59 bits per heavy atom. The molecule has 4 N–H and O–H groups in total. The highest BCUT2D eigenvalue weighted by Crippen LogP contribution is 2.33. The number of nitrogens with zero attached hydrogens (tertiary/aromatic N) is 1. The number of esters is 1. The van der Waals surface area contributed by atoms with Crippen molar-refractivity contribution in [2.75, 3.05) is 11.9 Å². The first kappa shape index (κ1) is 23.7. The third kappa shape index (κ3) is 5.25. The maximum absolute atomic E-state index is 12.7. The largest absolute Gasteiger partial charge is 0.452 e. The van der Waals surface area contributed by atoms with E-state index in [0.717, 1.165) is 24.2 Å². The molecule has 1 aromatic rings. The summed E-state index contributed by atoms with van der Waals surface area (Å²) >= 11 is 0. The molecule has 0 bridgehead atoms. The van der Waals surface area contributed by atoms with Gasteiger partial charge in [-0.25, -0.2) is 18.4 Å². The lowest BCUT2D eigenvalue weighted by Crippen LogP contribution is -2.48. The van der Waals surface area contributed by atoms with Crippen LogP contribution in [-0.2, 0) is 29.1 Å². The molecule has 1 saturated heterocycles. The van der Waals surface area contributed by atoms with E-state index in [1.54, 1.807) is 0 Å². The van der Waals surface area contributed by atoms with E-state index in [1.807, 2.05) is 0 Å². The highest BCUT2D eigenvalue weighted by Gasteiger charge is 2.51. The Labute approximate surface area is 185 Å². The number of nitrogens with two attached hydrogens (primary N) is 1. The van der Waals surface area contributed by atoms with Crippen LogP contribution in [-0.4, -0.2) is 55.3 Å². The number of primary sulfonamides is 1. The van der Waals surface area contributed by atoms with Crippen molar-refractivity contribution in [2.24, 2.45) is 5.14 Å². The Hall–Kier alpha value is -2.99. The van der Waals surface area contributed by atoms with E-state index >= 15 is 0 Å². The maximum Gasteiger partial charge on any atom is 0.325 e. The molecule has 2 fully saturated rings. The Morgan fingerprint density at radius 1 is 1.25 bits per heavy atom. The molecule has 1 aromatic carbocycles. The molecule has 2 aliphatic rings. The van der Waals surface area contributed by atoms with Crippen molar-refractivity contribution in [1.82, 2.24) is 10.2 Å². The standard InChI is InChI=1S/C20H26N4O7S/c1-13(17(26)22-14-6-5-7-15(12-14)32(21,29)30)31-16(25)8-11-24-18(27)20(23-19(24)28)9-3-2-4-10-20/h5-7,12-13H,2-4,8-11H2,1H3,(H,22,26)(H,23,28)(H2,21,29,30). The van der Waals surface area contributed by atoms with Crippen LogP contribution in [0.5, 0.6) is 0 Å². The van der Waals surface area contributed by atoms with Gasteiger partial charge in [0.1, 0.15) is 5.54 Å². The monoisotopic (exact) mass is 466 g/mol. The van der Waals surface area contributed by atoms with Crippen LogP contribution < -0.4 is 15.8 Å². The van der Waals surface area contributed by atoms with Gasteiger partial charge in [-0.3, -0.25) is 19.3 Å². The minimum absolute atomic E-state index is 0.143. The van der Waals surface area contributed by atoms with Crippen molar-refractivity contribution >= 4 is 39.5 Å². The fraction of sp³-hybridized carbons (Fsp3) is 0.500. The highest BCUT2D eigenvalue weighted by atomic mass is 32.2. The molecule has 1 aliphatic heterocycles. The molecule has 1 heterocycles. The molecular formula is C20H26N4O7S. The number of nitrogens with one attached hydrogen (secondary N) is 2. The van der Waals surface area contributed by atoms with Crippen LogP contribution in [0.4, 0.5) is 10.5 Å². The maximum atomic E-state index is 12.7. The summed E-state index contributed by atoms with van der Waals surface area (Å²) in [7, 11) is -3.94. The molecule has 12 heteroatoms. The first-order valence-electron chi connectivity index (χ1n) is 10.3. The van der Waals surface area contributed by atoms with E-state index in [9.17, 15) is 27.6 Å². The molecule has 174 valence electrons. The van der Waals surface area contributed by atoms with Gasteiger partial charge in [0, 0.05) is 12.2 Å². The Bertz CT molecular complexity index is 1030. The number of amides is 4. The zero-order chi connectivity index (χ0) is 23.5. The molecule has 1 unspecified atom stereocenters. The summed E-state index contributed by atoms with van der Waals surface area (Å²) in [5.74, 6) is -1.76. The summed E-state index contributed by atoms with van der Waals surface area (Å²) in [5, 5.41) is 10.3. The minimum atomic E-state index is -3.94. The number of rotatable bonds is 7. The number of anilines is 1. The number of ether oxygens (including phenoxy) is 1. The summed E-state index contributed by atoms with van der Waals surface area (Å²) in [6.07, 6.45) is 2.46. The quantitative estimate of drug-likeness (QED) is 0.396. The molecular weight excluding hydrogens is 440 g/mol. The number of benzene rings is 1. The summed E-state index contributed by atoms with van der Waals surface area (Å²) in [5.41, 5.74) is -0.695. The molecule has 0 radical (unpaired) electrons. The average Bonchev–Trinajstić information content (AvgIpc) is 2.95. The first-order valence-corrected chi connectivity index (χ1v) is 11.8. The van der Waals surface area contributed by atoms with Crippen molar-refractivity contribution in [3.63, 3.8) is 0 Å². The van der Waals surface area contributed by atoms with E-state index in [1.165, 1.54) is 31.2 Å². The van der Waals surface area contributed by atoms with Crippen molar-refractivity contribution < 1.29 is 32.3 Å². The van der Waals surface area contributed by atoms with Crippen molar-refractivity contribution in [3.05, 3.63) is 24.3 Å². The summed E-state index contributed by atoms with van der Waals surface area (Å²) < 4.78 is 27.9. The van der Waals surface area contributed by atoms with Crippen LogP contribution in [0, 0.1) is 0 Å². The van der Waals surface area contributed by atoms with Gasteiger partial charge in [-0.2, -0.15) is 0 Å². The zero-order valence-corrected chi connectivity index (χ0v) is 18.4. The fourth-order valence-electron chi connectivity index (χ4n) is 3.88. The minimum Gasteiger partial charge on any atom is -0.452 e. The second-order valence-electron chi connectivity index (χ2n) is 7.97. The number of urea groups is 1. The molecule has 1 spiro atoms. The van der Waals surface area contributed by atoms with Gasteiger partial charge in [0.25, 0.3) is 11.8 Å². The molecule has 3 rings (SSSR count). The van der Waals surface area contributed by atoms with Gasteiger partial charge >= 0.3 is 12.0 Å². The molecule has 0 aromatic heterocycles. The normalized spacial score (nSPS) is 18.9. The van der Waals surface area contributed by atoms with E-state index < -0.39 is 39.6 Å². The van der Waals surface area contributed by atoms with Crippen molar-refractivity contribution in [2.45, 2.75) is 62.0 Å². The third-order valence-corrected chi connectivity index (χ3v) is 6.51. The van der Waals surface area contributed by atoms with Crippen LogP contribution in [0.15, 0.2) is 29.2 Å². The summed E-state index contributed by atoms with van der Waals surface area (Å²) in [6.45, 7) is 1.21. The third-order valence-electron chi connectivity index (χ3n) is 5.60. The Morgan fingerprint density at radius 2 is 1.94 bits per heavy atom. The van der Waals surface area contributed by atoms with Gasteiger partial charge in [0.2, 0.25) is 10.0 Å². The number of imide groups is 1. The van der Waals surface area contributed by atoms with Gasteiger partial charge < -0.3 is 15.4 Å². The number of sulfonamides is 1. The highest BCUT2D eigenvalue weighted by molar-refractivity contribution is 7.89. The Kier molecular flexibility index (Phi) is 6.84. The SMILES string of the molecule is CC(OC(=O)CCN1C(=O)NC2(CCCCC2)C1=O)C(=O)Nc1cccc(S(N)(=O)=O)c1. The molecule has 1 saturated carbocycles. The van der Waals surface area contributed by atoms with Crippen molar-refractivity contribution in [1.29, 1.82) is 0 Å². The lowest BCUT2D eigenvalue weighted by molar-refractivity contribution is -0.153. The van der Waals surface area contributed by atoms with Crippen LogP contribution >= 0.6 is 0 Å². The molecule has 1 aliphatic carbocycles. The van der Waals surface area contributed by atoms with Crippen molar-refractivity contribution in [3.8, 4) is 0 Å². The zero-order valence-electron chi connectivity index (χ0n) is 17.6. The number of carbonyl (C=O) groups excluding carboxylic acids is 4. The first-order chi connectivity index (χ1) is 15.0. The van der Waals surface area contributed by atoms with Gasteiger partial charge in [-0.1, -0.05) is 25.3 Å². The second kappa shape index (κ2) is 9.25. The summed E-state index contributed by atoms with van der Waals surface area (Å²) in [4.78, 5) is 50.2. The predicted octanol–water partition coefficient (Wildman–Crippen LogP) is 0.849. The summed E-state index contributed by atoms with van der Waals surface area (Å²) in [6, 6.07) is 4.80. The van der Waals surface area contributed by atoms with Crippen LogP contribution in [0.2, 0.25) is 0 Å². The average molecular weight is 467 g/mol. The second-order valence-corrected chi connectivity index (χ2v) is 9.54. The molecule has 32 heavy (non-hydrogen) atoms. The van der Waals surface area contributed by atoms with Crippen LogP contribution in [0.25, 0.3) is 0 Å². The van der Waals surface area contributed by atoms with Gasteiger partial charge in [-0.15, -0.1) is 0 Å². The molecule has 4 amide bonds. The molecule has 11 nitrogen and oxygen atoms in total. The lowest BCUT2D eigenvalue weighted by Gasteiger charge is -2.30. The Balaban J connectivity index is 1.51. The predicted molar refractivity (Wildman–Crippen MR) is 113 cm³/mol. The van der Waals surface area contributed by atoms with E-state index in [2.05, 4.69) is 10.6 Å². The number of hydrogen-bond donors (Lipinski definition) is 3. The van der Waals surface area contributed by atoms with E-state index in [0.29, 0.717) is 12.8 Å². The van der Waals surface area contributed by atoms with E-state index in [4.69, 9.17) is 9.88 Å². The van der Waals surface area contributed by atoms with E-state index in [-0.39, 0.29) is 29.5 Å². The number of hydrogen-bond acceptors (Lipinski definition) is 7. The lowest BCUT2D eigenvalue weighted by atomic mass is 9.82. The van der Waals surface area contributed by atoms with Gasteiger partial charge in [0.05, 0.1) is 11.3 Å². The fourth-order valence-corrected chi connectivity index (χ4v) is 4.44. The van der Waals surface area contributed by atoms with Gasteiger partial charge in [-0.05, 0) is 38.0 Å². The topological polar surface area (TPSA) is 165 Å². The molecule has 1 atom stereocenters. The number of carbonyl (C=O) groups is 4. The smallest absolute Gasteiger partial charge is 0.325 e. The van der Waals surface area contributed by atoms with Crippen LogP contribution in [0.1, 0.15) is 45.4 Å². The van der Waals surface area contributed by atoms with Crippen LogP contribution in [0.3, 0.4) is 0 Å². The van der Waals surface area contributed by atoms with Gasteiger partial charge in [0.15, 0.2) is 6.10 Å².